The Balaban J connectivity index is 2.36. The van der Waals surface area contributed by atoms with Gasteiger partial charge in [-0.1, -0.05) is 13.8 Å². The summed E-state index contributed by atoms with van der Waals surface area (Å²) in [5.41, 5.74) is 1.06. The van der Waals surface area contributed by atoms with Crippen LogP contribution < -0.4 is 10.2 Å². The second-order valence-corrected chi connectivity index (χ2v) is 5.69. The van der Waals surface area contributed by atoms with Crippen molar-refractivity contribution in [2.24, 2.45) is 0 Å². The summed E-state index contributed by atoms with van der Waals surface area (Å²) in [6, 6.07) is 0. The summed E-state index contributed by atoms with van der Waals surface area (Å²) in [6.07, 6.45) is -0.141. The van der Waals surface area contributed by atoms with Gasteiger partial charge in [0.15, 0.2) is 0 Å². The second kappa shape index (κ2) is 7.04. The summed E-state index contributed by atoms with van der Waals surface area (Å²) in [4.78, 5) is 11.6. The lowest BCUT2D eigenvalue weighted by Gasteiger charge is -2.34. The average molecular weight is 294 g/mol. The number of ether oxygens (including phenoxy) is 1. The van der Waals surface area contributed by atoms with E-state index in [1.807, 2.05) is 6.92 Å². The van der Waals surface area contributed by atoms with Gasteiger partial charge in [0.2, 0.25) is 0 Å². The van der Waals surface area contributed by atoms with Crippen LogP contribution in [0.1, 0.15) is 38.1 Å². The van der Waals surface area contributed by atoms with Crippen molar-refractivity contribution in [3.63, 3.8) is 0 Å². The van der Waals surface area contributed by atoms with Crippen molar-refractivity contribution in [1.82, 2.24) is 9.97 Å². The molecule has 1 atom stereocenters. The molecular formula is C15H26N4O2. The molecule has 1 aromatic heterocycles. The number of rotatable bonds is 5. The fraction of sp³-hybridized carbons (Fsp3) is 0.733. The Kier molecular flexibility index (Phi) is 5.36. The van der Waals surface area contributed by atoms with Crippen LogP contribution in [-0.4, -0.2) is 54.0 Å². The first-order valence-electron chi connectivity index (χ1n) is 7.66. The van der Waals surface area contributed by atoms with Crippen LogP contribution in [0.15, 0.2) is 0 Å². The van der Waals surface area contributed by atoms with Gasteiger partial charge in [0, 0.05) is 31.1 Å². The van der Waals surface area contributed by atoms with Gasteiger partial charge in [-0.05, 0) is 13.8 Å². The minimum Gasteiger partial charge on any atom is -0.394 e. The van der Waals surface area contributed by atoms with Crippen molar-refractivity contribution < 1.29 is 9.84 Å². The topological polar surface area (TPSA) is 70.5 Å². The van der Waals surface area contributed by atoms with Gasteiger partial charge in [-0.3, -0.25) is 0 Å². The second-order valence-electron chi connectivity index (χ2n) is 5.69. The van der Waals surface area contributed by atoms with Crippen LogP contribution in [0.4, 0.5) is 11.6 Å². The van der Waals surface area contributed by atoms with Crippen molar-refractivity contribution >= 4 is 11.6 Å². The zero-order valence-electron chi connectivity index (χ0n) is 13.4. The normalized spacial score (nSPS) is 19.1. The number of nitrogens with one attached hydrogen (secondary N) is 1. The van der Waals surface area contributed by atoms with Crippen LogP contribution in [0.3, 0.4) is 0 Å². The Hall–Kier alpha value is -1.40. The molecular weight excluding hydrogens is 268 g/mol. The third-order valence-corrected chi connectivity index (χ3v) is 3.64. The van der Waals surface area contributed by atoms with Crippen LogP contribution in [0, 0.1) is 6.92 Å². The van der Waals surface area contributed by atoms with Crippen molar-refractivity contribution in [3.8, 4) is 0 Å². The molecule has 0 bridgehead atoms. The highest BCUT2D eigenvalue weighted by molar-refractivity contribution is 5.59. The van der Waals surface area contributed by atoms with Gasteiger partial charge in [-0.25, -0.2) is 9.97 Å². The summed E-state index contributed by atoms with van der Waals surface area (Å²) in [5, 5.41) is 12.6. The van der Waals surface area contributed by atoms with Crippen LogP contribution in [-0.2, 0) is 4.74 Å². The number of aliphatic hydroxyl groups excluding tert-OH is 1. The highest BCUT2D eigenvalue weighted by Crippen LogP contribution is 2.27. The third kappa shape index (κ3) is 3.63. The summed E-state index contributed by atoms with van der Waals surface area (Å²) < 4.78 is 5.52. The minimum absolute atomic E-state index is 0.0394. The van der Waals surface area contributed by atoms with E-state index >= 15 is 0 Å². The molecule has 118 valence electrons. The zero-order valence-corrected chi connectivity index (χ0v) is 13.4. The first-order chi connectivity index (χ1) is 10.1. The number of anilines is 2. The zero-order chi connectivity index (χ0) is 15.4. The highest BCUT2D eigenvalue weighted by Gasteiger charge is 2.24. The molecule has 1 unspecified atom stereocenters. The molecule has 1 aliphatic rings. The molecule has 6 nitrogen and oxygen atoms in total. The van der Waals surface area contributed by atoms with E-state index in [1.165, 1.54) is 0 Å². The van der Waals surface area contributed by atoms with Gasteiger partial charge in [-0.15, -0.1) is 0 Å². The van der Waals surface area contributed by atoms with Crippen LogP contribution in [0.25, 0.3) is 0 Å². The average Bonchev–Trinajstić information content (AvgIpc) is 2.49. The Labute approximate surface area is 126 Å². The SMILES string of the molecule is CCNc1nc(C(C)C)nc(N2CCOC(CO)C2)c1C. The summed E-state index contributed by atoms with van der Waals surface area (Å²) in [6.45, 7) is 11.2. The smallest absolute Gasteiger partial charge is 0.137 e. The van der Waals surface area contributed by atoms with Gasteiger partial charge in [0.05, 0.1) is 19.3 Å². The third-order valence-electron chi connectivity index (χ3n) is 3.64. The molecule has 6 heteroatoms. The molecule has 1 fully saturated rings. The summed E-state index contributed by atoms with van der Waals surface area (Å²) >= 11 is 0. The van der Waals surface area contributed by atoms with Crippen molar-refractivity contribution in [1.29, 1.82) is 0 Å². The number of aromatic nitrogens is 2. The van der Waals surface area contributed by atoms with E-state index in [-0.39, 0.29) is 18.6 Å². The monoisotopic (exact) mass is 294 g/mol. The van der Waals surface area contributed by atoms with Gasteiger partial charge in [-0.2, -0.15) is 0 Å². The molecule has 2 heterocycles. The number of morpholine rings is 1. The van der Waals surface area contributed by atoms with Gasteiger partial charge in [0.25, 0.3) is 0 Å². The lowest BCUT2D eigenvalue weighted by Crippen LogP contribution is -2.45. The van der Waals surface area contributed by atoms with Gasteiger partial charge in [0.1, 0.15) is 17.5 Å². The molecule has 0 saturated carbocycles. The Morgan fingerprint density at radius 1 is 1.43 bits per heavy atom. The van der Waals surface area contributed by atoms with Crippen LogP contribution >= 0.6 is 0 Å². The van der Waals surface area contributed by atoms with Crippen molar-refractivity contribution in [2.45, 2.75) is 39.7 Å². The Morgan fingerprint density at radius 3 is 2.81 bits per heavy atom. The maximum absolute atomic E-state index is 9.31. The van der Waals surface area contributed by atoms with Crippen LogP contribution in [0.5, 0.6) is 0 Å². The maximum atomic E-state index is 9.31. The molecule has 0 aliphatic carbocycles. The molecule has 1 aliphatic heterocycles. The quantitative estimate of drug-likeness (QED) is 0.858. The number of hydrogen-bond donors (Lipinski definition) is 2. The molecule has 2 rings (SSSR count). The summed E-state index contributed by atoms with van der Waals surface area (Å²) in [7, 11) is 0. The molecule has 1 saturated heterocycles. The molecule has 0 spiro atoms. The van der Waals surface area contributed by atoms with E-state index in [1.54, 1.807) is 0 Å². The van der Waals surface area contributed by atoms with E-state index in [4.69, 9.17) is 9.72 Å². The molecule has 21 heavy (non-hydrogen) atoms. The molecule has 0 radical (unpaired) electrons. The van der Waals surface area contributed by atoms with Gasteiger partial charge < -0.3 is 20.1 Å². The standard InChI is InChI=1S/C15H26N4O2/c1-5-16-14-11(4)15(18-13(17-14)10(2)3)19-6-7-21-12(8-19)9-20/h10,12,20H,5-9H2,1-4H3,(H,16,17,18). The fourth-order valence-electron chi connectivity index (χ4n) is 2.45. The number of nitrogens with zero attached hydrogens (tertiary/aromatic N) is 3. The predicted octanol–water partition coefficient (Wildman–Crippen LogP) is 1.54. The predicted molar refractivity (Wildman–Crippen MR) is 84.1 cm³/mol. The molecule has 1 aromatic rings. The number of aliphatic hydroxyl groups is 1. The van der Waals surface area contributed by atoms with Gasteiger partial charge >= 0.3 is 0 Å². The van der Waals surface area contributed by atoms with E-state index in [2.05, 4.69) is 36.0 Å². The van der Waals surface area contributed by atoms with E-state index in [0.717, 1.165) is 36.1 Å². The van der Waals surface area contributed by atoms with Crippen molar-refractivity contribution in [2.75, 3.05) is 43.1 Å². The van der Waals surface area contributed by atoms with E-state index < -0.39 is 0 Å². The van der Waals surface area contributed by atoms with E-state index in [0.29, 0.717) is 13.2 Å². The largest absolute Gasteiger partial charge is 0.394 e. The lowest BCUT2D eigenvalue weighted by atomic mass is 10.1. The first-order valence-corrected chi connectivity index (χ1v) is 7.66. The minimum atomic E-state index is -0.141. The molecule has 0 aromatic carbocycles. The fourth-order valence-corrected chi connectivity index (χ4v) is 2.45. The van der Waals surface area contributed by atoms with Crippen LogP contribution in [0.2, 0.25) is 0 Å². The Bertz CT molecular complexity index is 479. The summed E-state index contributed by atoms with van der Waals surface area (Å²) in [5.74, 6) is 2.97. The lowest BCUT2D eigenvalue weighted by molar-refractivity contribution is 0.00332. The number of hydrogen-bond acceptors (Lipinski definition) is 6. The maximum Gasteiger partial charge on any atom is 0.137 e. The highest BCUT2D eigenvalue weighted by atomic mass is 16.5. The Morgan fingerprint density at radius 2 is 2.19 bits per heavy atom. The van der Waals surface area contributed by atoms with E-state index in [9.17, 15) is 5.11 Å². The first kappa shape index (κ1) is 16.0. The molecule has 2 N–H and O–H groups in total. The molecule has 0 amide bonds. The van der Waals surface area contributed by atoms with Crippen molar-refractivity contribution in [3.05, 3.63) is 11.4 Å².